The number of amides is 2. The largest absolute Gasteiger partial charge is 0.366 e. The topological polar surface area (TPSA) is 145 Å². The predicted octanol–water partition coefficient (Wildman–Crippen LogP) is 1.14. The van der Waals surface area contributed by atoms with E-state index in [-0.39, 0.29) is 17.4 Å². The van der Waals surface area contributed by atoms with E-state index in [1.165, 1.54) is 12.1 Å². The van der Waals surface area contributed by atoms with E-state index in [0.717, 1.165) is 6.07 Å². The van der Waals surface area contributed by atoms with Crippen LogP contribution in [-0.2, 0) is 0 Å². The summed E-state index contributed by atoms with van der Waals surface area (Å²) < 4.78 is 0. The average molecular weight is 309 g/mol. The normalized spacial score (nSPS) is 15.4. The van der Waals surface area contributed by atoms with Gasteiger partial charge in [0.2, 0.25) is 0 Å². The molecule has 0 aromatic heterocycles. The van der Waals surface area contributed by atoms with Crippen LogP contribution in [0.2, 0.25) is 0 Å². The lowest BCUT2D eigenvalue weighted by Crippen LogP contribution is -2.46. The van der Waals surface area contributed by atoms with Gasteiger partial charge in [-0.15, -0.1) is 0 Å². The molecule has 1 aromatic rings. The summed E-state index contributed by atoms with van der Waals surface area (Å²) in [5.74, 6) is 0. The van der Waals surface area contributed by atoms with Crippen molar-refractivity contribution in [1.82, 2.24) is 5.32 Å². The van der Waals surface area contributed by atoms with E-state index in [4.69, 9.17) is 5.73 Å². The zero-order valence-electron chi connectivity index (χ0n) is 11.6. The minimum absolute atomic E-state index is 0.0640. The van der Waals surface area contributed by atoms with Crippen molar-refractivity contribution in [3.05, 3.63) is 38.4 Å². The molecule has 0 bridgehead atoms. The highest BCUT2D eigenvalue weighted by Gasteiger charge is 2.27. The Morgan fingerprint density at radius 1 is 1.23 bits per heavy atom. The summed E-state index contributed by atoms with van der Waals surface area (Å²) >= 11 is 0. The predicted molar refractivity (Wildman–Crippen MR) is 77.7 cm³/mol. The number of nitrogens with two attached hydrogens (primary N) is 1. The highest BCUT2D eigenvalue weighted by atomic mass is 16.6. The van der Waals surface area contributed by atoms with Crippen LogP contribution in [0.25, 0.3) is 0 Å². The van der Waals surface area contributed by atoms with Gasteiger partial charge in [-0.3, -0.25) is 20.2 Å². The number of non-ortho nitro benzene ring substituents is 1. The molecular formula is C12H15N5O5. The van der Waals surface area contributed by atoms with Gasteiger partial charge in [-0.05, 0) is 18.9 Å². The van der Waals surface area contributed by atoms with Crippen LogP contribution in [0.3, 0.4) is 0 Å². The van der Waals surface area contributed by atoms with E-state index < -0.39 is 15.9 Å². The van der Waals surface area contributed by atoms with Crippen molar-refractivity contribution >= 4 is 23.1 Å². The SMILES string of the molecule is NC(=O)NC1CCN(c2ccc([N+](=O)[O-])cc2[N+](=O)[O-])CC1. The number of piperidine rings is 1. The van der Waals surface area contributed by atoms with Crippen LogP contribution in [0, 0.1) is 20.2 Å². The third-order valence-electron chi connectivity index (χ3n) is 3.55. The number of urea groups is 1. The minimum Gasteiger partial charge on any atom is -0.366 e. The number of nitro benzene ring substituents is 2. The quantitative estimate of drug-likeness (QED) is 0.630. The molecule has 10 nitrogen and oxygen atoms in total. The molecule has 0 saturated carbocycles. The van der Waals surface area contributed by atoms with E-state index in [1.54, 1.807) is 4.90 Å². The number of rotatable bonds is 4. The summed E-state index contributed by atoms with van der Waals surface area (Å²) in [5.41, 5.74) is 4.79. The Kier molecular flexibility index (Phi) is 4.39. The number of nitrogens with zero attached hydrogens (tertiary/aromatic N) is 3. The van der Waals surface area contributed by atoms with Gasteiger partial charge < -0.3 is 16.0 Å². The van der Waals surface area contributed by atoms with Crippen molar-refractivity contribution in [2.75, 3.05) is 18.0 Å². The molecule has 1 aliphatic rings. The first-order valence-electron chi connectivity index (χ1n) is 6.62. The maximum Gasteiger partial charge on any atom is 0.312 e. The van der Waals surface area contributed by atoms with Gasteiger partial charge >= 0.3 is 6.03 Å². The van der Waals surface area contributed by atoms with Gasteiger partial charge in [0.1, 0.15) is 5.69 Å². The van der Waals surface area contributed by atoms with E-state index in [2.05, 4.69) is 5.32 Å². The van der Waals surface area contributed by atoms with Crippen LogP contribution in [-0.4, -0.2) is 35.0 Å². The molecule has 0 unspecified atom stereocenters. The monoisotopic (exact) mass is 309 g/mol. The summed E-state index contributed by atoms with van der Waals surface area (Å²) in [6.45, 7) is 0.979. The van der Waals surface area contributed by atoms with Crippen molar-refractivity contribution in [1.29, 1.82) is 0 Å². The summed E-state index contributed by atoms with van der Waals surface area (Å²) in [5, 5.41) is 24.5. The number of benzene rings is 1. The zero-order valence-corrected chi connectivity index (χ0v) is 11.6. The first-order valence-corrected chi connectivity index (χ1v) is 6.62. The smallest absolute Gasteiger partial charge is 0.312 e. The van der Waals surface area contributed by atoms with Crippen molar-refractivity contribution in [3.63, 3.8) is 0 Å². The fraction of sp³-hybridized carbons (Fsp3) is 0.417. The molecule has 22 heavy (non-hydrogen) atoms. The number of nitrogens with one attached hydrogen (secondary N) is 1. The van der Waals surface area contributed by atoms with Gasteiger partial charge in [-0.25, -0.2) is 4.79 Å². The zero-order chi connectivity index (χ0) is 16.3. The number of hydrogen-bond acceptors (Lipinski definition) is 6. The van der Waals surface area contributed by atoms with Gasteiger partial charge in [0, 0.05) is 25.2 Å². The number of carbonyl (C=O) groups excluding carboxylic acids is 1. The Morgan fingerprint density at radius 2 is 1.86 bits per heavy atom. The molecule has 1 fully saturated rings. The van der Waals surface area contributed by atoms with Gasteiger partial charge in [0.05, 0.1) is 15.9 Å². The fourth-order valence-electron chi connectivity index (χ4n) is 2.50. The summed E-state index contributed by atoms with van der Waals surface area (Å²) in [7, 11) is 0. The molecule has 2 amide bonds. The lowest BCUT2D eigenvalue weighted by Gasteiger charge is -2.33. The van der Waals surface area contributed by atoms with Gasteiger partial charge in [-0.1, -0.05) is 0 Å². The Balaban J connectivity index is 2.17. The minimum atomic E-state index is -0.667. The van der Waals surface area contributed by atoms with Crippen LogP contribution in [0.15, 0.2) is 18.2 Å². The average Bonchev–Trinajstić information content (AvgIpc) is 2.46. The Labute approximate surface area is 125 Å². The van der Waals surface area contributed by atoms with Crippen molar-refractivity contribution in [3.8, 4) is 0 Å². The van der Waals surface area contributed by atoms with E-state index in [1.807, 2.05) is 0 Å². The molecule has 1 aliphatic heterocycles. The first-order chi connectivity index (χ1) is 10.4. The Hall–Kier alpha value is -2.91. The van der Waals surface area contributed by atoms with Crippen molar-refractivity contribution < 1.29 is 14.6 Å². The number of anilines is 1. The standard InChI is InChI=1S/C12H15N5O5/c13-12(18)14-8-3-5-15(6-4-8)10-2-1-9(16(19)20)7-11(10)17(21)22/h1-2,7-8H,3-6H2,(H3,13,14,18). The molecule has 1 heterocycles. The second kappa shape index (κ2) is 6.24. The Bertz CT molecular complexity index is 612. The second-order valence-corrected chi connectivity index (χ2v) is 4.96. The molecule has 0 aliphatic carbocycles. The highest BCUT2D eigenvalue weighted by molar-refractivity contribution is 5.72. The van der Waals surface area contributed by atoms with Crippen molar-refractivity contribution in [2.45, 2.75) is 18.9 Å². The van der Waals surface area contributed by atoms with Crippen molar-refractivity contribution in [2.24, 2.45) is 5.73 Å². The number of hydrogen-bond donors (Lipinski definition) is 2. The number of carbonyl (C=O) groups is 1. The van der Waals surface area contributed by atoms with Crippen LogP contribution < -0.4 is 16.0 Å². The number of nitro groups is 2. The summed E-state index contributed by atoms with van der Waals surface area (Å²) in [6, 6.07) is 2.93. The van der Waals surface area contributed by atoms with Gasteiger partial charge in [-0.2, -0.15) is 0 Å². The molecule has 10 heteroatoms. The number of primary amides is 1. The third-order valence-corrected chi connectivity index (χ3v) is 3.55. The molecule has 3 N–H and O–H groups in total. The van der Waals surface area contributed by atoms with Crippen LogP contribution in [0.4, 0.5) is 21.9 Å². The first kappa shape index (κ1) is 15.5. The fourth-order valence-corrected chi connectivity index (χ4v) is 2.50. The molecule has 1 aromatic carbocycles. The van der Waals surface area contributed by atoms with E-state index in [9.17, 15) is 25.0 Å². The summed E-state index contributed by atoms with van der Waals surface area (Å²) in [6.07, 6.45) is 1.19. The van der Waals surface area contributed by atoms with E-state index >= 15 is 0 Å². The lowest BCUT2D eigenvalue weighted by atomic mass is 10.0. The van der Waals surface area contributed by atoms with E-state index in [0.29, 0.717) is 31.6 Å². The molecule has 1 saturated heterocycles. The van der Waals surface area contributed by atoms with Gasteiger partial charge in [0.25, 0.3) is 11.4 Å². The Morgan fingerprint density at radius 3 is 2.36 bits per heavy atom. The molecule has 0 atom stereocenters. The van der Waals surface area contributed by atoms with Gasteiger partial charge in [0.15, 0.2) is 0 Å². The molecular weight excluding hydrogens is 294 g/mol. The van der Waals surface area contributed by atoms with Crippen LogP contribution in [0.5, 0.6) is 0 Å². The third kappa shape index (κ3) is 3.40. The lowest BCUT2D eigenvalue weighted by molar-refractivity contribution is -0.393. The maximum atomic E-state index is 11.1. The molecule has 0 spiro atoms. The highest BCUT2D eigenvalue weighted by Crippen LogP contribution is 2.33. The molecule has 0 radical (unpaired) electrons. The maximum absolute atomic E-state index is 11.1. The molecule has 118 valence electrons. The summed E-state index contributed by atoms with van der Waals surface area (Å²) in [4.78, 5) is 33.1. The second-order valence-electron chi connectivity index (χ2n) is 4.96. The molecule has 2 rings (SSSR count). The van der Waals surface area contributed by atoms with Crippen LogP contribution in [0.1, 0.15) is 12.8 Å². The van der Waals surface area contributed by atoms with Crippen LogP contribution >= 0.6 is 0 Å².